The fraction of sp³-hybridized carbons (Fsp3) is 0.700. The van der Waals surface area contributed by atoms with E-state index in [9.17, 15) is 17.6 Å². The molecule has 2 fully saturated rings. The van der Waals surface area contributed by atoms with Gasteiger partial charge >= 0.3 is 6.18 Å². The van der Waals surface area contributed by atoms with Gasteiger partial charge in [-0.15, -0.1) is 0 Å². The number of ether oxygens (including phenoxy) is 1. The highest BCUT2D eigenvalue weighted by molar-refractivity contribution is 5.51. The Bertz CT molecular complexity index is 885. The van der Waals surface area contributed by atoms with E-state index in [2.05, 4.69) is 25.0 Å². The van der Waals surface area contributed by atoms with E-state index in [1.807, 2.05) is 18.5 Å². The molecular formula is C20H26F4N6O. The first kappa shape index (κ1) is 22.1. The zero-order valence-electron chi connectivity index (χ0n) is 17.5. The number of alkyl halides is 4. The summed E-state index contributed by atoms with van der Waals surface area (Å²) in [5.74, 6) is 0.138. The monoisotopic (exact) mass is 442 g/mol. The Morgan fingerprint density at radius 3 is 2.58 bits per heavy atom. The van der Waals surface area contributed by atoms with Gasteiger partial charge in [0.2, 0.25) is 5.82 Å². The maximum absolute atomic E-state index is 13.0. The van der Waals surface area contributed by atoms with Crippen LogP contribution in [0.3, 0.4) is 0 Å². The Morgan fingerprint density at radius 2 is 1.94 bits per heavy atom. The molecular weight excluding hydrogens is 416 g/mol. The van der Waals surface area contributed by atoms with Gasteiger partial charge in [-0.3, -0.25) is 4.90 Å². The van der Waals surface area contributed by atoms with Gasteiger partial charge in [-0.05, 0) is 33.1 Å². The molecule has 7 nitrogen and oxygen atoms in total. The quantitative estimate of drug-likeness (QED) is 0.659. The molecule has 2 aromatic heterocycles. The van der Waals surface area contributed by atoms with Crippen LogP contribution in [0.25, 0.3) is 11.4 Å². The Kier molecular flexibility index (Phi) is 6.25. The van der Waals surface area contributed by atoms with E-state index in [0.29, 0.717) is 30.6 Å². The molecule has 2 aliphatic rings. The van der Waals surface area contributed by atoms with Crippen LogP contribution in [0.1, 0.15) is 56.7 Å². The van der Waals surface area contributed by atoms with Crippen LogP contribution in [0.2, 0.25) is 0 Å². The van der Waals surface area contributed by atoms with E-state index in [1.54, 1.807) is 0 Å². The molecule has 1 saturated heterocycles. The summed E-state index contributed by atoms with van der Waals surface area (Å²) in [6, 6.07) is 0.378. The van der Waals surface area contributed by atoms with Crippen LogP contribution in [-0.2, 0) is 10.9 Å². The molecule has 4 rings (SSSR count). The molecule has 0 unspecified atom stereocenters. The summed E-state index contributed by atoms with van der Waals surface area (Å²) in [4.78, 5) is 13.8. The second-order valence-corrected chi connectivity index (χ2v) is 8.43. The molecule has 2 aromatic rings. The van der Waals surface area contributed by atoms with Crippen LogP contribution < -0.4 is 0 Å². The van der Waals surface area contributed by atoms with E-state index in [4.69, 9.17) is 4.74 Å². The van der Waals surface area contributed by atoms with Crippen LogP contribution in [-0.4, -0.2) is 68.1 Å². The summed E-state index contributed by atoms with van der Waals surface area (Å²) < 4.78 is 58.5. The lowest BCUT2D eigenvalue weighted by Gasteiger charge is -2.36. The van der Waals surface area contributed by atoms with E-state index < -0.39 is 18.7 Å². The van der Waals surface area contributed by atoms with Crippen molar-refractivity contribution in [2.75, 3.05) is 26.4 Å². The zero-order chi connectivity index (χ0) is 22.2. The minimum Gasteiger partial charge on any atom is -0.373 e. The van der Waals surface area contributed by atoms with Gasteiger partial charge in [-0.1, -0.05) is 0 Å². The molecule has 0 bridgehead atoms. The summed E-state index contributed by atoms with van der Waals surface area (Å²) in [5.41, 5.74) is 0.349. The standard InChI is InChI=1S/C20H26F4N6O/c1-12(2)30-18(13-3-4-15(7-13)29-5-6-31-16(8-21)11-29)27-17(28-30)14-9-25-19(26-10-14)20(22,23)24/h9-10,12-13,15-16H,3-8,11H2,1-2H3/t13-,15+,16+/m0/s1. The van der Waals surface area contributed by atoms with Gasteiger partial charge in [0.25, 0.3) is 0 Å². The van der Waals surface area contributed by atoms with Crippen molar-refractivity contribution in [1.82, 2.24) is 29.6 Å². The van der Waals surface area contributed by atoms with Crippen molar-refractivity contribution in [2.45, 2.75) is 63.4 Å². The van der Waals surface area contributed by atoms with Gasteiger partial charge in [-0.2, -0.15) is 18.3 Å². The average Bonchev–Trinajstić information content (AvgIpc) is 3.41. The summed E-state index contributed by atoms with van der Waals surface area (Å²) in [7, 11) is 0. The van der Waals surface area contributed by atoms with Gasteiger partial charge < -0.3 is 4.74 Å². The minimum absolute atomic E-state index is 0.0463. The molecule has 0 amide bonds. The molecule has 1 aliphatic carbocycles. The van der Waals surface area contributed by atoms with Crippen molar-refractivity contribution in [2.24, 2.45) is 0 Å². The Morgan fingerprint density at radius 1 is 1.19 bits per heavy atom. The fourth-order valence-corrected chi connectivity index (χ4v) is 4.40. The largest absolute Gasteiger partial charge is 0.451 e. The molecule has 0 spiro atoms. The second-order valence-electron chi connectivity index (χ2n) is 8.43. The molecule has 0 aromatic carbocycles. The molecule has 11 heteroatoms. The number of hydrogen-bond donors (Lipinski definition) is 0. The van der Waals surface area contributed by atoms with Crippen LogP contribution in [0.4, 0.5) is 17.6 Å². The first-order chi connectivity index (χ1) is 14.8. The molecule has 31 heavy (non-hydrogen) atoms. The lowest BCUT2D eigenvalue weighted by atomic mass is 10.1. The number of halogens is 4. The lowest BCUT2D eigenvalue weighted by molar-refractivity contribution is -0.144. The zero-order valence-corrected chi connectivity index (χ0v) is 17.5. The Balaban J connectivity index is 1.53. The van der Waals surface area contributed by atoms with Crippen molar-refractivity contribution in [3.8, 4) is 11.4 Å². The van der Waals surface area contributed by atoms with E-state index >= 15 is 0 Å². The van der Waals surface area contributed by atoms with Gasteiger partial charge in [0, 0.05) is 43.5 Å². The normalized spacial score (nSPS) is 25.5. The maximum atomic E-state index is 13.0. The topological polar surface area (TPSA) is 69.0 Å². The number of morpholine rings is 1. The molecule has 3 atom stereocenters. The van der Waals surface area contributed by atoms with Crippen molar-refractivity contribution in [1.29, 1.82) is 0 Å². The third-order valence-electron chi connectivity index (χ3n) is 5.94. The highest BCUT2D eigenvalue weighted by atomic mass is 19.4. The minimum atomic E-state index is -4.59. The molecule has 1 aliphatic heterocycles. The first-order valence-electron chi connectivity index (χ1n) is 10.5. The summed E-state index contributed by atoms with van der Waals surface area (Å²) in [6.45, 7) is 5.43. The van der Waals surface area contributed by atoms with Crippen molar-refractivity contribution in [3.05, 3.63) is 24.0 Å². The molecule has 170 valence electrons. The SMILES string of the molecule is CC(C)n1nc(-c2cnc(C(F)(F)F)nc2)nc1[C@H]1CC[C@@H](N2CCO[C@H](CF)C2)C1. The summed E-state index contributed by atoms with van der Waals surface area (Å²) in [5, 5.41) is 4.54. The van der Waals surface area contributed by atoms with Crippen molar-refractivity contribution < 1.29 is 22.3 Å². The summed E-state index contributed by atoms with van der Waals surface area (Å²) in [6.07, 6.45) is 0.0631. The number of aromatic nitrogens is 5. The first-order valence-corrected chi connectivity index (χ1v) is 10.5. The van der Waals surface area contributed by atoms with Crippen molar-refractivity contribution in [3.63, 3.8) is 0 Å². The highest BCUT2D eigenvalue weighted by Crippen LogP contribution is 2.38. The number of hydrogen-bond acceptors (Lipinski definition) is 6. The number of nitrogens with zero attached hydrogens (tertiary/aromatic N) is 6. The predicted molar refractivity (Wildman–Crippen MR) is 104 cm³/mol. The molecule has 0 N–H and O–H groups in total. The lowest BCUT2D eigenvalue weighted by Crippen LogP contribution is -2.47. The van der Waals surface area contributed by atoms with Crippen molar-refractivity contribution >= 4 is 0 Å². The number of rotatable bonds is 5. The molecule has 1 saturated carbocycles. The van der Waals surface area contributed by atoms with E-state index in [1.165, 1.54) is 0 Å². The third kappa shape index (κ3) is 4.72. The Labute approximate surface area is 177 Å². The Hall–Kier alpha value is -2.14. The van der Waals surface area contributed by atoms with Gasteiger partial charge in [0.15, 0.2) is 5.82 Å². The maximum Gasteiger partial charge on any atom is 0.451 e. The average molecular weight is 442 g/mol. The van der Waals surface area contributed by atoms with Crippen LogP contribution in [0.15, 0.2) is 12.4 Å². The van der Waals surface area contributed by atoms with Gasteiger partial charge in [0.1, 0.15) is 12.5 Å². The molecule has 3 heterocycles. The predicted octanol–water partition coefficient (Wildman–Crippen LogP) is 3.64. The summed E-state index contributed by atoms with van der Waals surface area (Å²) >= 11 is 0. The third-order valence-corrected chi connectivity index (χ3v) is 5.94. The van der Waals surface area contributed by atoms with Crippen LogP contribution in [0, 0.1) is 0 Å². The molecule has 0 radical (unpaired) electrons. The van der Waals surface area contributed by atoms with E-state index in [-0.39, 0.29) is 18.1 Å². The van der Waals surface area contributed by atoms with Crippen LogP contribution >= 0.6 is 0 Å². The van der Waals surface area contributed by atoms with Crippen LogP contribution in [0.5, 0.6) is 0 Å². The highest BCUT2D eigenvalue weighted by Gasteiger charge is 2.36. The van der Waals surface area contributed by atoms with Gasteiger partial charge in [0.05, 0.1) is 18.3 Å². The fourth-order valence-electron chi connectivity index (χ4n) is 4.40. The smallest absolute Gasteiger partial charge is 0.373 e. The van der Waals surface area contributed by atoms with E-state index in [0.717, 1.165) is 44.0 Å². The second kappa shape index (κ2) is 8.78. The van der Waals surface area contributed by atoms with Gasteiger partial charge in [-0.25, -0.2) is 24.0 Å².